The largest absolute Gasteiger partial charge is 0.489 e. The quantitative estimate of drug-likeness (QED) is 0.398. The molecule has 6 nitrogen and oxygen atoms in total. The summed E-state index contributed by atoms with van der Waals surface area (Å²) in [5.74, 6) is -0.230. The summed E-state index contributed by atoms with van der Waals surface area (Å²) in [7, 11) is 1.78. The second-order valence-electron chi connectivity index (χ2n) is 7.98. The number of hydrogen-bond acceptors (Lipinski definition) is 4. The van der Waals surface area contributed by atoms with Crippen LogP contribution < -0.4 is 4.74 Å². The van der Waals surface area contributed by atoms with Crippen LogP contribution in [0.2, 0.25) is 0 Å². The first kappa shape index (κ1) is 24.1. The van der Waals surface area contributed by atoms with Gasteiger partial charge in [0.1, 0.15) is 12.4 Å². The SMILES string of the molecule is C=N.Cc1cc(COc2ccc(C(CC(=O)O)CN(C)C=N)cc2)cc2c1CCCC2. The minimum Gasteiger partial charge on any atom is -0.489 e. The number of carboxylic acids is 1. The Labute approximate surface area is 184 Å². The molecule has 0 saturated carbocycles. The Morgan fingerprint density at radius 2 is 1.90 bits per heavy atom. The van der Waals surface area contributed by atoms with Crippen LogP contribution >= 0.6 is 0 Å². The lowest BCUT2D eigenvalue weighted by atomic mass is 9.87. The lowest BCUT2D eigenvalue weighted by Crippen LogP contribution is -2.24. The van der Waals surface area contributed by atoms with E-state index in [4.69, 9.17) is 15.6 Å². The number of aryl methyl sites for hydroxylation is 2. The van der Waals surface area contributed by atoms with Crippen molar-refractivity contribution in [2.24, 2.45) is 0 Å². The fourth-order valence-corrected chi connectivity index (χ4v) is 4.15. The van der Waals surface area contributed by atoms with E-state index in [0.29, 0.717) is 13.2 Å². The summed E-state index contributed by atoms with van der Waals surface area (Å²) >= 11 is 0. The van der Waals surface area contributed by atoms with Gasteiger partial charge in [0.15, 0.2) is 0 Å². The highest BCUT2D eigenvalue weighted by atomic mass is 16.5. The number of nitrogens with one attached hydrogen (secondary N) is 2. The van der Waals surface area contributed by atoms with Gasteiger partial charge in [0.05, 0.1) is 12.8 Å². The molecule has 6 heteroatoms. The highest BCUT2D eigenvalue weighted by Gasteiger charge is 2.17. The molecule has 0 radical (unpaired) electrons. The van der Waals surface area contributed by atoms with Crippen LogP contribution in [-0.2, 0) is 24.2 Å². The Kier molecular flexibility index (Phi) is 9.25. The molecule has 2 aromatic carbocycles. The van der Waals surface area contributed by atoms with E-state index in [-0.39, 0.29) is 12.3 Å². The average molecular weight is 424 g/mol. The van der Waals surface area contributed by atoms with E-state index >= 15 is 0 Å². The zero-order valence-corrected chi connectivity index (χ0v) is 18.5. The molecular weight excluding hydrogens is 390 g/mol. The fourth-order valence-electron chi connectivity index (χ4n) is 4.15. The van der Waals surface area contributed by atoms with E-state index in [1.165, 1.54) is 47.9 Å². The average Bonchev–Trinajstić information content (AvgIpc) is 2.78. The molecule has 3 rings (SSSR count). The number of aliphatic carboxylic acids is 1. The first-order chi connectivity index (χ1) is 15.0. The van der Waals surface area contributed by atoms with Crippen LogP contribution in [0, 0.1) is 17.7 Å². The molecule has 0 bridgehead atoms. The highest BCUT2D eigenvalue weighted by molar-refractivity contribution is 5.68. The minimum atomic E-state index is -0.837. The van der Waals surface area contributed by atoms with Gasteiger partial charge in [-0.3, -0.25) is 10.2 Å². The third kappa shape index (κ3) is 6.95. The Hall–Kier alpha value is -3.15. The smallest absolute Gasteiger partial charge is 0.304 e. The van der Waals surface area contributed by atoms with E-state index in [9.17, 15) is 9.90 Å². The van der Waals surface area contributed by atoms with Crippen LogP contribution in [0.3, 0.4) is 0 Å². The number of ether oxygens (including phenoxy) is 1. The van der Waals surface area contributed by atoms with Gasteiger partial charge in [-0.2, -0.15) is 0 Å². The fraction of sp³-hybridized carbons (Fsp3) is 0.400. The number of rotatable bonds is 9. The maximum atomic E-state index is 11.2. The van der Waals surface area contributed by atoms with Gasteiger partial charge < -0.3 is 20.2 Å². The second-order valence-corrected chi connectivity index (χ2v) is 7.98. The van der Waals surface area contributed by atoms with Gasteiger partial charge in [-0.15, -0.1) is 0 Å². The lowest BCUT2D eigenvalue weighted by molar-refractivity contribution is -0.137. The predicted molar refractivity (Wildman–Crippen MR) is 125 cm³/mol. The van der Waals surface area contributed by atoms with Crippen molar-refractivity contribution in [3.8, 4) is 5.75 Å². The van der Waals surface area contributed by atoms with Crippen molar-refractivity contribution >= 4 is 19.0 Å². The third-order valence-electron chi connectivity index (χ3n) is 5.65. The Bertz CT molecular complexity index is 880. The number of nitrogens with zero attached hydrogens (tertiary/aromatic N) is 1. The first-order valence-corrected chi connectivity index (χ1v) is 10.6. The van der Waals surface area contributed by atoms with E-state index in [2.05, 4.69) is 25.8 Å². The number of carboxylic acid groups (broad SMARTS) is 1. The van der Waals surface area contributed by atoms with Crippen LogP contribution in [0.5, 0.6) is 5.75 Å². The molecule has 166 valence electrons. The Morgan fingerprint density at radius 1 is 1.23 bits per heavy atom. The van der Waals surface area contributed by atoms with Crippen molar-refractivity contribution in [2.45, 2.75) is 51.6 Å². The molecule has 0 aliphatic heterocycles. The number of carbonyl (C=O) groups is 1. The summed E-state index contributed by atoms with van der Waals surface area (Å²) in [4.78, 5) is 12.9. The molecule has 0 spiro atoms. The van der Waals surface area contributed by atoms with E-state index in [0.717, 1.165) is 17.7 Å². The van der Waals surface area contributed by atoms with Crippen molar-refractivity contribution < 1.29 is 14.6 Å². The van der Waals surface area contributed by atoms with Crippen LogP contribution in [0.15, 0.2) is 36.4 Å². The second kappa shape index (κ2) is 11.9. The number of fused-ring (bicyclic) bond motifs is 1. The molecule has 1 unspecified atom stereocenters. The van der Waals surface area contributed by atoms with Crippen molar-refractivity contribution in [3.05, 3.63) is 64.2 Å². The molecule has 2 aromatic rings. The molecule has 1 atom stereocenters. The summed E-state index contributed by atoms with van der Waals surface area (Å²) in [5.41, 5.74) is 6.49. The Balaban J connectivity index is 0.00000166. The molecule has 1 aliphatic rings. The zero-order valence-electron chi connectivity index (χ0n) is 18.5. The summed E-state index contributed by atoms with van der Waals surface area (Å²) in [5, 5.41) is 22.0. The lowest BCUT2D eigenvalue weighted by Gasteiger charge is -2.21. The standard InChI is InChI=1S/C24H30N2O3.CH3N/c1-17-11-18(12-20-5-3-4-6-23(17)20)15-29-22-9-7-19(8-10-22)21(13-24(27)28)14-26(2)16-25;1-2/h7-12,16,21,25H,3-6,13-15H2,1-2H3,(H,27,28);2H,1H2. The topological polar surface area (TPSA) is 97.5 Å². The molecule has 0 aromatic heterocycles. The van der Waals surface area contributed by atoms with Gasteiger partial charge >= 0.3 is 5.97 Å². The van der Waals surface area contributed by atoms with Crippen molar-refractivity contribution in [1.82, 2.24) is 4.90 Å². The summed E-state index contributed by atoms with van der Waals surface area (Å²) in [6.07, 6.45) is 6.15. The monoisotopic (exact) mass is 423 g/mol. The van der Waals surface area contributed by atoms with Crippen molar-refractivity contribution in [1.29, 1.82) is 10.8 Å². The maximum absolute atomic E-state index is 11.2. The highest BCUT2D eigenvalue weighted by Crippen LogP contribution is 2.27. The molecule has 1 aliphatic carbocycles. The summed E-state index contributed by atoms with van der Waals surface area (Å²) < 4.78 is 5.99. The van der Waals surface area contributed by atoms with E-state index in [1.807, 2.05) is 24.3 Å². The number of likely N-dealkylation sites (N-methyl/N-ethyl adjacent to an activating group) is 1. The molecule has 0 saturated heterocycles. The first-order valence-electron chi connectivity index (χ1n) is 10.6. The van der Waals surface area contributed by atoms with Gasteiger partial charge in [-0.1, -0.05) is 24.3 Å². The Morgan fingerprint density at radius 3 is 2.55 bits per heavy atom. The number of hydrogen-bond donors (Lipinski definition) is 3. The summed E-state index contributed by atoms with van der Waals surface area (Å²) in [6, 6.07) is 12.2. The summed E-state index contributed by atoms with van der Waals surface area (Å²) in [6.45, 7) is 5.71. The molecule has 31 heavy (non-hydrogen) atoms. The number of benzene rings is 2. The van der Waals surface area contributed by atoms with Crippen LogP contribution in [0.25, 0.3) is 0 Å². The molecule has 0 heterocycles. The predicted octanol–water partition coefficient (Wildman–Crippen LogP) is 4.82. The van der Waals surface area contributed by atoms with Crippen LogP contribution in [0.1, 0.15) is 53.0 Å². The van der Waals surface area contributed by atoms with Crippen LogP contribution in [0.4, 0.5) is 0 Å². The normalized spacial score (nSPS) is 13.2. The molecule has 0 amide bonds. The minimum absolute atomic E-state index is 0.0345. The maximum Gasteiger partial charge on any atom is 0.304 e. The third-order valence-corrected chi connectivity index (χ3v) is 5.65. The van der Waals surface area contributed by atoms with E-state index < -0.39 is 5.97 Å². The van der Waals surface area contributed by atoms with Gasteiger partial charge in [0.2, 0.25) is 0 Å². The molecule has 3 N–H and O–H groups in total. The van der Waals surface area contributed by atoms with Gasteiger partial charge in [0, 0.05) is 19.5 Å². The van der Waals surface area contributed by atoms with Crippen LogP contribution in [-0.4, -0.2) is 42.6 Å². The van der Waals surface area contributed by atoms with Crippen molar-refractivity contribution in [3.63, 3.8) is 0 Å². The molecule has 0 fully saturated rings. The zero-order chi connectivity index (χ0) is 22.8. The van der Waals surface area contributed by atoms with Gasteiger partial charge in [-0.25, -0.2) is 0 Å². The molecular formula is C25H33N3O3. The van der Waals surface area contributed by atoms with Gasteiger partial charge in [0.25, 0.3) is 0 Å². The van der Waals surface area contributed by atoms with E-state index in [1.54, 1.807) is 11.9 Å². The van der Waals surface area contributed by atoms with Gasteiger partial charge in [-0.05, 0) is 79.3 Å². The van der Waals surface area contributed by atoms with Crippen molar-refractivity contribution in [2.75, 3.05) is 13.6 Å².